The van der Waals surface area contributed by atoms with E-state index < -0.39 is 10.0 Å². The number of hydrogen-bond donors (Lipinski definition) is 0. The minimum Gasteiger partial charge on any atom is -0.300 e. The average Bonchev–Trinajstić information content (AvgIpc) is 2.76. The highest BCUT2D eigenvalue weighted by atomic mass is 32.2. The Labute approximate surface area is 120 Å². The smallest absolute Gasteiger partial charge is 0.252 e. The molecule has 0 unspecified atom stereocenters. The van der Waals surface area contributed by atoms with Crippen LogP contribution in [0.25, 0.3) is 0 Å². The molecule has 2 heterocycles. The van der Waals surface area contributed by atoms with Crippen molar-refractivity contribution in [3.63, 3.8) is 0 Å². The standard InChI is InChI=1S/C13H22N2O2S2/c1-11(2)10-14-6-8-15(9-7-14)19(16,17)13-5-4-12(3)18-13/h4-5,11H,6-10H2,1-3H3. The summed E-state index contributed by atoms with van der Waals surface area (Å²) in [5.41, 5.74) is 0. The molecule has 1 aromatic rings. The predicted octanol–water partition coefficient (Wildman–Crippen LogP) is 2.02. The molecule has 1 aliphatic rings. The zero-order valence-electron chi connectivity index (χ0n) is 11.8. The van der Waals surface area contributed by atoms with Crippen molar-refractivity contribution >= 4 is 21.4 Å². The van der Waals surface area contributed by atoms with E-state index in [-0.39, 0.29) is 0 Å². The Bertz CT molecular complexity index is 515. The molecule has 1 aliphatic heterocycles. The van der Waals surface area contributed by atoms with Crippen molar-refractivity contribution in [3.05, 3.63) is 17.0 Å². The lowest BCUT2D eigenvalue weighted by Crippen LogP contribution is -2.49. The number of piperazine rings is 1. The fourth-order valence-electron chi connectivity index (χ4n) is 2.35. The van der Waals surface area contributed by atoms with Gasteiger partial charge in [-0.3, -0.25) is 0 Å². The van der Waals surface area contributed by atoms with Crippen LogP contribution in [0.4, 0.5) is 0 Å². The maximum Gasteiger partial charge on any atom is 0.252 e. The summed E-state index contributed by atoms with van der Waals surface area (Å²) in [7, 11) is -3.27. The van der Waals surface area contributed by atoms with Crippen LogP contribution in [0, 0.1) is 12.8 Å². The van der Waals surface area contributed by atoms with Crippen molar-refractivity contribution in [2.24, 2.45) is 5.92 Å². The van der Waals surface area contributed by atoms with Crippen LogP contribution in [0.3, 0.4) is 0 Å². The molecule has 0 bridgehead atoms. The lowest BCUT2D eigenvalue weighted by atomic mass is 10.2. The fraction of sp³-hybridized carbons (Fsp3) is 0.692. The molecule has 0 atom stereocenters. The van der Waals surface area contributed by atoms with Crippen molar-refractivity contribution in [1.82, 2.24) is 9.21 Å². The van der Waals surface area contributed by atoms with Crippen LogP contribution < -0.4 is 0 Å². The lowest BCUT2D eigenvalue weighted by Gasteiger charge is -2.34. The first-order valence-electron chi connectivity index (χ1n) is 6.68. The highest BCUT2D eigenvalue weighted by Gasteiger charge is 2.29. The molecule has 0 saturated carbocycles. The second-order valence-electron chi connectivity index (χ2n) is 5.46. The van der Waals surface area contributed by atoms with Crippen LogP contribution in [0.5, 0.6) is 0 Å². The number of nitrogens with zero attached hydrogens (tertiary/aromatic N) is 2. The Morgan fingerprint density at radius 2 is 1.84 bits per heavy atom. The highest BCUT2D eigenvalue weighted by Crippen LogP contribution is 2.25. The Morgan fingerprint density at radius 3 is 2.32 bits per heavy atom. The van der Waals surface area contributed by atoms with Crippen molar-refractivity contribution in [1.29, 1.82) is 0 Å². The zero-order valence-corrected chi connectivity index (χ0v) is 13.4. The van der Waals surface area contributed by atoms with Crippen LogP contribution in [0.15, 0.2) is 16.3 Å². The summed E-state index contributed by atoms with van der Waals surface area (Å²) in [6.45, 7) is 10.2. The first-order valence-corrected chi connectivity index (χ1v) is 8.94. The number of aryl methyl sites for hydroxylation is 1. The molecule has 0 spiro atoms. The quantitative estimate of drug-likeness (QED) is 0.854. The topological polar surface area (TPSA) is 40.6 Å². The van der Waals surface area contributed by atoms with Crippen LogP contribution in [-0.2, 0) is 10.0 Å². The average molecular weight is 302 g/mol. The van der Waals surface area contributed by atoms with Gasteiger partial charge in [0, 0.05) is 37.6 Å². The van der Waals surface area contributed by atoms with Crippen LogP contribution in [0.1, 0.15) is 18.7 Å². The Balaban J connectivity index is 2.01. The van der Waals surface area contributed by atoms with E-state index in [0.29, 0.717) is 23.2 Å². The van der Waals surface area contributed by atoms with E-state index in [0.717, 1.165) is 24.5 Å². The van der Waals surface area contributed by atoms with Gasteiger partial charge in [-0.25, -0.2) is 8.42 Å². The number of sulfonamides is 1. The third-order valence-corrected chi connectivity index (χ3v) is 6.63. The highest BCUT2D eigenvalue weighted by molar-refractivity contribution is 7.91. The van der Waals surface area contributed by atoms with Crippen LogP contribution in [-0.4, -0.2) is 50.3 Å². The van der Waals surface area contributed by atoms with Crippen molar-refractivity contribution in [2.75, 3.05) is 32.7 Å². The molecule has 0 N–H and O–H groups in total. The molecule has 0 aromatic carbocycles. The third kappa shape index (κ3) is 3.56. The van der Waals surface area contributed by atoms with E-state index in [9.17, 15) is 8.42 Å². The Hall–Kier alpha value is -0.430. The Morgan fingerprint density at radius 1 is 1.21 bits per heavy atom. The second-order valence-corrected chi connectivity index (χ2v) is 8.92. The van der Waals surface area contributed by atoms with Gasteiger partial charge >= 0.3 is 0 Å². The summed E-state index contributed by atoms with van der Waals surface area (Å²) in [5.74, 6) is 0.628. The van der Waals surface area contributed by atoms with Gasteiger partial charge in [-0.2, -0.15) is 4.31 Å². The van der Waals surface area contributed by atoms with Gasteiger partial charge in [0.05, 0.1) is 0 Å². The fourth-order valence-corrected chi connectivity index (χ4v) is 5.21. The van der Waals surface area contributed by atoms with Gasteiger partial charge in [0.2, 0.25) is 0 Å². The molecule has 2 rings (SSSR count). The lowest BCUT2D eigenvalue weighted by molar-refractivity contribution is 0.172. The van der Waals surface area contributed by atoms with Gasteiger partial charge in [-0.15, -0.1) is 11.3 Å². The maximum atomic E-state index is 12.4. The summed E-state index contributed by atoms with van der Waals surface area (Å²) in [6.07, 6.45) is 0. The first kappa shape index (κ1) is 15.0. The van der Waals surface area contributed by atoms with Crippen molar-refractivity contribution < 1.29 is 8.42 Å². The minimum atomic E-state index is -3.27. The molecular weight excluding hydrogens is 280 g/mol. The Kier molecular flexibility index (Phi) is 4.66. The molecule has 19 heavy (non-hydrogen) atoms. The first-order chi connectivity index (χ1) is 8.89. The monoisotopic (exact) mass is 302 g/mol. The molecular formula is C13H22N2O2S2. The normalized spacial score (nSPS) is 19.2. The zero-order chi connectivity index (χ0) is 14.0. The van der Waals surface area contributed by atoms with Crippen molar-refractivity contribution in [2.45, 2.75) is 25.0 Å². The number of rotatable bonds is 4. The van der Waals surface area contributed by atoms with E-state index in [1.807, 2.05) is 13.0 Å². The summed E-state index contributed by atoms with van der Waals surface area (Å²) in [6, 6.07) is 3.59. The van der Waals surface area contributed by atoms with Gasteiger partial charge in [0.15, 0.2) is 0 Å². The summed E-state index contributed by atoms with van der Waals surface area (Å²) < 4.78 is 27.0. The molecule has 108 valence electrons. The largest absolute Gasteiger partial charge is 0.300 e. The predicted molar refractivity (Wildman–Crippen MR) is 79.1 cm³/mol. The third-order valence-electron chi connectivity index (χ3n) is 3.26. The van der Waals surface area contributed by atoms with Crippen LogP contribution >= 0.6 is 11.3 Å². The number of thiophene rings is 1. The van der Waals surface area contributed by atoms with E-state index >= 15 is 0 Å². The summed E-state index contributed by atoms with van der Waals surface area (Å²) >= 11 is 1.36. The van der Waals surface area contributed by atoms with E-state index in [2.05, 4.69) is 18.7 Å². The van der Waals surface area contributed by atoms with Crippen LogP contribution in [0.2, 0.25) is 0 Å². The maximum absolute atomic E-state index is 12.4. The van der Waals surface area contributed by atoms with E-state index in [1.54, 1.807) is 10.4 Å². The molecule has 1 fully saturated rings. The minimum absolute atomic E-state index is 0.474. The molecule has 6 heteroatoms. The van der Waals surface area contributed by atoms with Gasteiger partial charge in [0.25, 0.3) is 10.0 Å². The molecule has 0 aliphatic carbocycles. The summed E-state index contributed by atoms with van der Waals surface area (Å²) in [5, 5.41) is 0. The molecule has 1 saturated heterocycles. The van der Waals surface area contributed by atoms with Gasteiger partial charge < -0.3 is 4.90 Å². The van der Waals surface area contributed by atoms with E-state index in [4.69, 9.17) is 0 Å². The SMILES string of the molecule is Cc1ccc(S(=O)(=O)N2CCN(CC(C)C)CC2)s1. The second kappa shape index (κ2) is 5.91. The van der Waals surface area contributed by atoms with Crippen molar-refractivity contribution in [3.8, 4) is 0 Å². The molecule has 1 aromatic heterocycles. The number of hydrogen-bond acceptors (Lipinski definition) is 4. The summed E-state index contributed by atoms with van der Waals surface area (Å²) in [4.78, 5) is 3.38. The van der Waals surface area contributed by atoms with Gasteiger partial charge in [-0.1, -0.05) is 13.8 Å². The molecule has 0 amide bonds. The van der Waals surface area contributed by atoms with E-state index in [1.165, 1.54) is 11.3 Å². The molecule has 4 nitrogen and oxygen atoms in total. The molecule has 0 radical (unpaired) electrons. The van der Waals surface area contributed by atoms with Gasteiger partial charge in [0.1, 0.15) is 4.21 Å². The van der Waals surface area contributed by atoms with Gasteiger partial charge in [-0.05, 0) is 25.0 Å².